The molecule has 0 heterocycles. The Morgan fingerprint density at radius 1 is 0.500 bits per heavy atom. The van der Waals surface area contributed by atoms with Crippen molar-refractivity contribution < 1.29 is 16.8 Å². The first-order valence-electron chi connectivity index (χ1n) is 6.71. The van der Waals surface area contributed by atoms with Gasteiger partial charge in [-0.25, -0.2) is 16.8 Å². The largest absolute Gasteiger partial charge is 0.286 e. The fourth-order valence-corrected chi connectivity index (χ4v) is 6.33. The third-order valence-electron chi connectivity index (χ3n) is 3.26. The summed E-state index contributed by atoms with van der Waals surface area (Å²) in [4.78, 5) is -0.381. The van der Waals surface area contributed by atoms with Crippen molar-refractivity contribution in [1.29, 1.82) is 0 Å². The Balaban J connectivity index is 2.70. The molecule has 0 spiro atoms. The number of benzene rings is 2. The summed E-state index contributed by atoms with van der Waals surface area (Å²) in [6.07, 6.45) is 0. The average molecular weight is 338 g/mol. The minimum absolute atomic E-state index is 0.191. The highest BCUT2D eigenvalue weighted by Crippen LogP contribution is 2.27. The van der Waals surface area contributed by atoms with E-state index in [4.69, 9.17) is 0 Å². The van der Waals surface area contributed by atoms with Crippen LogP contribution in [0.3, 0.4) is 0 Å². The van der Waals surface area contributed by atoms with Crippen LogP contribution >= 0.6 is 0 Å². The second kappa shape index (κ2) is 5.52. The van der Waals surface area contributed by atoms with E-state index in [2.05, 4.69) is 0 Å². The van der Waals surface area contributed by atoms with Crippen molar-refractivity contribution in [2.75, 3.05) is 0 Å². The fourth-order valence-electron chi connectivity index (χ4n) is 2.41. The third-order valence-corrected chi connectivity index (χ3v) is 8.35. The maximum absolute atomic E-state index is 12.6. The lowest BCUT2D eigenvalue weighted by atomic mass is 10.2. The predicted molar refractivity (Wildman–Crippen MR) is 86.2 cm³/mol. The van der Waals surface area contributed by atoms with E-state index < -0.39 is 17.7 Å². The van der Waals surface area contributed by atoms with Crippen molar-refractivity contribution in [3.05, 3.63) is 58.7 Å². The van der Waals surface area contributed by atoms with Crippen molar-refractivity contribution in [2.45, 2.75) is 37.5 Å². The summed E-state index contributed by atoms with van der Waals surface area (Å²) in [5, 5.41) is 0. The molecule has 0 amide bonds. The van der Waals surface area contributed by atoms with Crippen LogP contribution in [0.1, 0.15) is 22.3 Å². The lowest BCUT2D eigenvalue weighted by Crippen LogP contribution is -2.16. The summed E-state index contributed by atoms with van der Waals surface area (Å²) >= 11 is 0. The first kappa shape index (κ1) is 16.7. The number of hydrogen-bond donors (Lipinski definition) is 0. The van der Waals surface area contributed by atoms with Gasteiger partial charge in [-0.3, -0.25) is 0 Å². The summed E-state index contributed by atoms with van der Waals surface area (Å²) < 4.78 is 50.4. The molecule has 0 saturated carbocycles. The topological polar surface area (TPSA) is 68.3 Å². The van der Waals surface area contributed by atoms with Crippen LogP contribution in [-0.2, 0) is 17.7 Å². The van der Waals surface area contributed by atoms with E-state index in [0.29, 0.717) is 22.3 Å². The van der Waals surface area contributed by atoms with Gasteiger partial charge < -0.3 is 0 Å². The van der Waals surface area contributed by atoms with Crippen LogP contribution in [0.15, 0.2) is 46.2 Å². The molecule has 0 fully saturated rings. The highest BCUT2D eigenvalue weighted by Gasteiger charge is 2.34. The predicted octanol–water partition coefficient (Wildman–Crippen LogP) is 3.08. The molecule has 4 nitrogen and oxygen atoms in total. The molecule has 2 aromatic rings. The number of aryl methyl sites for hydroxylation is 4. The molecule has 22 heavy (non-hydrogen) atoms. The second-order valence-electron chi connectivity index (χ2n) is 5.56. The molecule has 118 valence electrons. The zero-order valence-electron chi connectivity index (χ0n) is 12.9. The number of rotatable bonds is 3. The third kappa shape index (κ3) is 2.94. The molecule has 0 saturated heterocycles. The van der Waals surface area contributed by atoms with Gasteiger partial charge in [0, 0.05) is 0 Å². The van der Waals surface area contributed by atoms with Gasteiger partial charge in [0.2, 0.25) is 0 Å². The van der Waals surface area contributed by atoms with Gasteiger partial charge in [0.05, 0.1) is 9.79 Å². The van der Waals surface area contributed by atoms with Crippen LogP contribution in [0.25, 0.3) is 0 Å². The van der Waals surface area contributed by atoms with Crippen LogP contribution < -0.4 is 0 Å². The zero-order valence-corrected chi connectivity index (χ0v) is 14.5. The van der Waals surface area contributed by atoms with E-state index in [1.54, 1.807) is 39.8 Å². The van der Waals surface area contributed by atoms with E-state index in [0.717, 1.165) is 0 Å². The van der Waals surface area contributed by atoms with Gasteiger partial charge in [-0.15, -0.1) is 0 Å². The lowest BCUT2D eigenvalue weighted by molar-refractivity contribution is 0.582. The Labute approximate surface area is 131 Å². The smallest absolute Gasteiger partial charge is 0.207 e. The minimum atomic E-state index is -4.50. The molecule has 0 unspecified atom stereocenters. The van der Waals surface area contributed by atoms with Gasteiger partial charge in [0.15, 0.2) is 0 Å². The summed E-state index contributed by atoms with van der Waals surface area (Å²) in [5.41, 5.74) is 2.81. The molecule has 0 aromatic heterocycles. The van der Waals surface area contributed by atoms with E-state index in [1.807, 2.05) is 0 Å². The minimum Gasteiger partial charge on any atom is -0.207 e. The quantitative estimate of drug-likeness (QED) is 0.807. The molecular formula is C16H18O4S2. The fraction of sp³-hybridized carbons (Fsp3) is 0.250. The maximum Gasteiger partial charge on any atom is 0.286 e. The van der Waals surface area contributed by atoms with E-state index >= 15 is 0 Å². The Morgan fingerprint density at radius 2 is 0.727 bits per heavy atom. The highest BCUT2D eigenvalue weighted by atomic mass is 33.2. The summed E-state index contributed by atoms with van der Waals surface area (Å²) in [7, 11) is -9.00. The standard InChI is InChI=1S/C16H18O4S2/c1-11-5-12(2)8-15(7-11)21(17,18)22(19,20)16-9-13(3)6-14(4)10-16/h5-10H,1-4H3. The van der Waals surface area contributed by atoms with Crippen LogP contribution in [0.4, 0.5) is 0 Å². The monoisotopic (exact) mass is 338 g/mol. The Hall–Kier alpha value is -1.66. The second-order valence-corrected chi connectivity index (χ2v) is 10.9. The summed E-state index contributed by atoms with van der Waals surface area (Å²) in [6.45, 7) is 6.93. The average Bonchev–Trinajstić information content (AvgIpc) is 2.36. The molecular weight excluding hydrogens is 320 g/mol. The van der Waals surface area contributed by atoms with Crippen LogP contribution in [-0.4, -0.2) is 16.8 Å². The zero-order chi connectivity index (χ0) is 16.7. The Bertz CT molecular complexity index is 820. The molecule has 2 rings (SSSR count). The summed E-state index contributed by atoms with van der Waals surface area (Å²) in [6, 6.07) is 9.10. The SMILES string of the molecule is Cc1cc(C)cc(S(=O)(=O)S(=O)(=O)c2cc(C)cc(C)c2)c1. The van der Waals surface area contributed by atoms with Gasteiger partial charge in [-0.05, 0) is 74.2 Å². The van der Waals surface area contributed by atoms with Gasteiger partial charge in [0.1, 0.15) is 0 Å². The first-order chi connectivity index (χ1) is 10.0. The van der Waals surface area contributed by atoms with E-state index in [-0.39, 0.29) is 9.79 Å². The van der Waals surface area contributed by atoms with Crippen LogP contribution in [0.5, 0.6) is 0 Å². The maximum atomic E-state index is 12.6. The van der Waals surface area contributed by atoms with Gasteiger partial charge >= 0.3 is 0 Å². The molecule has 0 N–H and O–H groups in total. The number of hydrogen-bond acceptors (Lipinski definition) is 4. The first-order valence-corrected chi connectivity index (χ1v) is 10.2. The van der Waals surface area contributed by atoms with Gasteiger partial charge in [0.25, 0.3) is 17.7 Å². The van der Waals surface area contributed by atoms with E-state index in [1.165, 1.54) is 24.3 Å². The van der Waals surface area contributed by atoms with Crippen molar-refractivity contribution in [2.24, 2.45) is 0 Å². The van der Waals surface area contributed by atoms with Crippen LogP contribution in [0, 0.1) is 27.7 Å². The lowest BCUT2D eigenvalue weighted by Gasteiger charge is -2.10. The van der Waals surface area contributed by atoms with Crippen molar-refractivity contribution in [3.8, 4) is 0 Å². The van der Waals surface area contributed by atoms with Gasteiger partial charge in [-0.1, -0.05) is 12.1 Å². The molecule has 0 aliphatic rings. The highest BCUT2D eigenvalue weighted by molar-refractivity contribution is 8.67. The Morgan fingerprint density at radius 3 is 0.955 bits per heavy atom. The molecule has 0 radical (unpaired) electrons. The molecule has 0 atom stereocenters. The molecule has 0 bridgehead atoms. The molecule has 0 aliphatic heterocycles. The van der Waals surface area contributed by atoms with E-state index in [9.17, 15) is 16.8 Å². The molecule has 0 aliphatic carbocycles. The van der Waals surface area contributed by atoms with Crippen LogP contribution in [0.2, 0.25) is 0 Å². The molecule has 2 aromatic carbocycles. The van der Waals surface area contributed by atoms with Crippen molar-refractivity contribution >= 4 is 17.7 Å². The van der Waals surface area contributed by atoms with Crippen molar-refractivity contribution in [1.82, 2.24) is 0 Å². The summed E-state index contributed by atoms with van der Waals surface area (Å²) in [5.74, 6) is 0. The Kier molecular flexibility index (Phi) is 4.19. The molecule has 6 heteroatoms. The van der Waals surface area contributed by atoms with Crippen molar-refractivity contribution in [3.63, 3.8) is 0 Å². The van der Waals surface area contributed by atoms with Gasteiger partial charge in [-0.2, -0.15) is 0 Å². The normalized spacial score (nSPS) is 12.4.